The van der Waals surface area contributed by atoms with Crippen LogP contribution in [0.4, 0.5) is 0 Å². The molecule has 3 heteroatoms. The minimum Gasteiger partial charge on any atom is -0.377 e. The molecule has 106 valence electrons. The summed E-state index contributed by atoms with van der Waals surface area (Å²) in [7, 11) is 0. The molecule has 1 aliphatic carbocycles. The summed E-state index contributed by atoms with van der Waals surface area (Å²) in [5.41, 5.74) is 0. The minimum atomic E-state index is 0.496. The van der Waals surface area contributed by atoms with E-state index in [1.807, 2.05) is 0 Å². The van der Waals surface area contributed by atoms with Crippen molar-refractivity contribution in [2.24, 2.45) is 5.92 Å². The van der Waals surface area contributed by atoms with Gasteiger partial charge in [-0.3, -0.25) is 4.90 Å². The fourth-order valence-electron chi connectivity index (χ4n) is 2.90. The maximum atomic E-state index is 5.76. The van der Waals surface area contributed by atoms with E-state index in [2.05, 4.69) is 24.1 Å². The Labute approximate surface area is 112 Å². The van der Waals surface area contributed by atoms with Crippen LogP contribution in [0.25, 0.3) is 0 Å². The van der Waals surface area contributed by atoms with E-state index in [4.69, 9.17) is 4.74 Å². The van der Waals surface area contributed by atoms with Crippen molar-refractivity contribution in [3.63, 3.8) is 0 Å². The van der Waals surface area contributed by atoms with E-state index in [1.54, 1.807) is 0 Å². The van der Waals surface area contributed by atoms with Gasteiger partial charge in [0.1, 0.15) is 0 Å². The number of likely N-dealkylation sites (N-methyl/N-ethyl adjacent to an activating group) is 1. The van der Waals surface area contributed by atoms with Crippen molar-refractivity contribution in [1.29, 1.82) is 0 Å². The van der Waals surface area contributed by atoms with Gasteiger partial charge in [0.05, 0.1) is 6.10 Å². The lowest BCUT2D eigenvalue weighted by molar-refractivity contribution is 0.0705. The minimum absolute atomic E-state index is 0.496. The van der Waals surface area contributed by atoms with E-state index in [9.17, 15) is 0 Å². The van der Waals surface area contributed by atoms with Gasteiger partial charge in [0, 0.05) is 25.7 Å². The van der Waals surface area contributed by atoms with Crippen LogP contribution < -0.4 is 5.32 Å². The summed E-state index contributed by atoms with van der Waals surface area (Å²) in [5, 5.41) is 3.74. The molecule has 2 unspecified atom stereocenters. The highest BCUT2D eigenvalue weighted by Crippen LogP contribution is 2.33. The van der Waals surface area contributed by atoms with Gasteiger partial charge >= 0.3 is 0 Å². The molecule has 1 aliphatic heterocycles. The highest BCUT2D eigenvalue weighted by molar-refractivity contribution is 4.88. The number of ether oxygens (including phenoxy) is 1. The quantitative estimate of drug-likeness (QED) is 0.683. The topological polar surface area (TPSA) is 24.5 Å². The largest absolute Gasteiger partial charge is 0.377 e. The fourth-order valence-corrected chi connectivity index (χ4v) is 2.90. The molecule has 1 saturated carbocycles. The van der Waals surface area contributed by atoms with E-state index in [-0.39, 0.29) is 0 Å². The molecule has 0 aromatic carbocycles. The van der Waals surface area contributed by atoms with Crippen LogP contribution >= 0.6 is 0 Å². The van der Waals surface area contributed by atoms with Crippen molar-refractivity contribution in [2.45, 2.75) is 58.1 Å². The molecule has 0 bridgehead atoms. The molecule has 2 fully saturated rings. The molecule has 18 heavy (non-hydrogen) atoms. The third-order valence-electron chi connectivity index (χ3n) is 4.24. The first-order valence-corrected chi connectivity index (χ1v) is 7.90. The van der Waals surface area contributed by atoms with Gasteiger partial charge in [-0.15, -0.1) is 0 Å². The third-order valence-corrected chi connectivity index (χ3v) is 4.24. The number of rotatable bonds is 9. The van der Waals surface area contributed by atoms with Crippen LogP contribution in [0.5, 0.6) is 0 Å². The summed E-state index contributed by atoms with van der Waals surface area (Å²) in [5.74, 6) is 0.940. The van der Waals surface area contributed by atoms with E-state index < -0.39 is 0 Å². The first-order chi connectivity index (χ1) is 8.83. The number of hydrogen-bond donors (Lipinski definition) is 1. The second-order valence-electron chi connectivity index (χ2n) is 5.89. The van der Waals surface area contributed by atoms with Crippen LogP contribution in [-0.4, -0.2) is 49.8 Å². The van der Waals surface area contributed by atoms with E-state index in [1.165, 1.54) is 45.2 Å². The lowest BCUT2D eigenvalue weighted by Gasteiger charge is -2.29. The van der Waals surface area contributed by atoms with E-state index in [0.717, 1.165) is 25.6 Å². The zero-order valence-corrected chi connectivity index (χ0v) is 12.2. The molecular weight excluding hydrogens is 224 g/mol. The van der Waals surface area contributed by atoms with Gasteiger partial charge in [0.25, 0.3) is 0 Å². The second-order valence-corrected chi connectivity index (χ2v) is 5.89. The standard InChI is InChI=1S/C15H30N2O/c1-3-9-16-15(13-7-8-13)12-17(4-2)11-14-6-5-10-18-14/h13-16H,3-12H2,1-2H3. The predicted octanol–water partition coefficient (Wildman–Crippen LogP) is 2.27. The molecule has 0 amide bonds. The molecule has 1 N–H and O–H groups in total. The van der Waals surface area contributed by atoms with Crippen LogP contribution in [-0.2, 0) is 4.74 Å². The summed E-state index contributed by atoms with van der Waals surface area (Å²) in [6.07, 6.45) is 7.10. The molecule has 0 radical (unpaired) electrons. The number of nitrogens with one attached hydrogen (secondary N) is 1. The van der Waals surface area contributed by atoms with Crippen molar-refractivity contribution >= 4 is 0 Å². The predicted molar refractivity (Wildman–Crippen MR) is 75.9 cm³/mol. The fraction of sp³-hybridized carbons (Fsp3) is 1.00. The maximum Gasteiger partial charge on any atom is 0.0702 e. The summed E-state index contributed by atoms with van der Waals surface area (Å²) in [4.78, 5) is 2.58. The van der Waals surface area contributed by atoms with Crippen molar-refractivity contribution in [3.05, 3.63) is 0 Å². The zero-order chi connectivity index (χ0) is 12.8. The third kappa shape index (κ3) is 4.52. The van der Waals surface area contributed by atoms with Gasteiger partial charge < -0.3 is 10.1 Å². The molecule has 1 saturated heterocycles. The Morgan fingerprint density at radius 3 is 2.67 bits per heavy atom. The SMILES string of the molecule is CCCNC(CN(CC)CC1CCCO1)C1CC1. The highest BCUT2D eigenvalue weighted by Gasteiger charge is 2.32. The van der Waals surface area contributed by atoms with Crippen molar-refractivity contribution in [2.75, 3.05) is 32.8 Å². The lowest BCUT2D eigenvalue weighted by Crippen LogP contribution is -2.45. The van der Waals surface area contributed by atoms with Gasteiger partial charge in [-0.2, -0.15) is 0 Å². The molecule has 0 aromatic rings. The van der Waals surface area contributed by atoms with Crippen LogP contribution in [0.2, 0.25) is 0 Å². The normalized spacial score (nSPS) is 25.8. The van der Waals surface area contributed by atoms with Crippen LogP contribution in [0.1, 0.15) is 46.0 Å². The van der Waals surface area contributed by atoms with Crippen LogP contribution in [0, 0.1) is 5.92 Å². The Morgan fingerprint density at radius 2 is 2.11 bits per heavy atom. The van der Waals surface area contributed by atoms with Gasteiger partial charge in [-0.1, -0.05) is 13.8 Å². The second kappa shape index (κ2) is 7.46. The van der Waals surface area contributed by atoms with E-state index in [0.29, 0.717) is 12.1 Å². The molecule has 2 rings (SSSR count). The first kappa shape index (κ1) is 14.3. The maximum absolute atomic E-state index is 5.76. The summed E-state index contributed by atoms with van der Waals surface area (Å²) < 4.78 is 5.76. The molecule has 1 heterocycles. The molecule has 2 atom stereocenters. The Morgan fingerprint density at radius 1 is 1.28 bits per heavy atom. The lowest BCUT2D eigenvalue weighted by atomic mass is 10.1. The van der Waals surface area contributed by atoms with Crippen LogP contribution in [0.15, 0.2) is 0 Å². The van der Waals surface area contributed by atoms with E-state index >= 15 is 0 Å². The van der Waals surface area contributed by atoms with Gasteiger partial charge in [-0.05, 0) is 51.1 Å². The molecular formula is C15H30N2O. The van der Waals surface area contributed by atoms with Crippen molar-refractivity contribution < 1.29 is 4.74 Å². The molecule has 0 aromatic heterocycles. The monoisotopic (exact) mass is 254 g/mol. The van der Waals surface area contributed by atoms with Crippen molar-refractivity contribution in [1.82, 2.24) is 10.2 Å². The average molecular weight is 254 g/mol. The van der Waals surface area contributed by atoms with Gasteiger partial charge in [-0.25, -0.2) is 0 Å². The Kier molecular flexibility index (Phi) is 5.93. The average Bonchev–Trinajstić information content (AvgIpc) is 3.11. The van der Waals surface area contributed by atoms with Gasteiger partial charge in [0.2, 0.25) is 0 Å². The molecule has 2 aliphatic rings. The smallest absolute Gasteiger partial charge is 0.0702 e. The van der Waals surface area contributed by atoms with Crippen LogP contribution in [0.3, 0.4) is 0 Å². The molecule has 3 nitrogen and oxygen atoms in total. The first-order valence-electron chi connectivity index (χ1n) is 7.90. The van der Waals surface area contributed by atoms with Crippen molar-refractivity contribution in [3.8, 4) is 0 Å². The highest BCUT2D eigenvalue weighted by atomic mass is 16.5. The Bertz CT molecular complexity index is 225. The molecule has 0 spiro atoms. The Hall–Kier alpha value is -0.120. The summed E-state index contributed by atoms with van der Waals surface area (Å²) in [6, 6.07) is 0.714. The van der Waals surface area contributed by atoms with Gasteiger partial charge in [0.15, 0.2) is 0 Å². The summed E-state index contributed by atoms with van der Waals surface area (Å²) in [6.45, 7) is 10.2. The zero-order valence-electron chi connectivity index (χ0n) is 12.2. The Balaban J connectivity index is 1.74. The number of nitrogens with zero attached hydrogens (tertiary/aromatic N) is 1. The summed E-state index contributed by atoms with van der Waals surface area (Å²) >= 11 is 0. The number of hydrogen-bond acceptors (Lipinski definition) is 3.